The normalized spacial score (nSPS) is 14.7. The first kappa shape index (κ1) is 23.1. The molecule has 0 unspecified atom stereocenters. The maximum absolute atomic E-state index is 13.3. The summed E-state index contributed by atoms with van der Waals surface area (Å²) in [7, 11) is 0. The molecular formula is C28H30N4O3. The van der Waals surface area contributed by atoms with Crippen molar-refractivity contribution in [2.24, 2.45) is 0 Å². The van der Waals surface area contributed by atoms with Gasteiger partial charge in [-0.1, -0.05) is 55.5 Å². The summed E-state index contributed by atoms with van der Waals surface area (Å²) in [6.07, 6.45) is 1.75. The summed E-state index contributed by atoms with van der Waals surface area (Å²) in [6.45, 7) is 4.61. The lowest BCUT2D eigenvalue weighted by molar-refractivity contribution is -0.133. The average Bonchev–Trinajstić information content (AvgIpc) is 3.28. The molecule has 7 heteroatoms. The van der Waals surface area contributed by atoms with Crippen LogP contribution in [0.15, 0.2) is 66.7 Å². The van der Waals surface area contributed by atoms with E-state index in [4.69, 9.17) is 9.47 Å². The van der Waals surface area contributed by atoms with Crippen LogP contribution in [0.4, 0.5) is 0 Å². The summed E-state index contributed by atoms with van der Waals surface area (Å²) in [5, 5.41) is 8.89. The highest BCUT2D eigenvalue weighted by atomic mass is 16.5. The zero-order valence-electron chi connectivity index (χ0n) is 20.0. The average molecular weight is 471 g/mol. The number of nitrogens with zero attached hydrogens (tertiary/aromatic N) is 4. The highest BCUT2D eigenvalue weighted by Gasteiger charge is 2.17. The Morgan fingerprint density at radius 2 is 1.71 bits per heavy atom. The van der Waals surface area contributed by atoms with Gasteiger partial charge in [-0.25, -0.2) is 0 Å². The van der Waals surface area contributed by atoms with E-state index in [1.165, 1.54) is 21.5 Å². The largest absolute Gasteiger partial charge is 0.491 e. The Morgan fingerprint density at radius 3 is 2.51 bits per heavy atom. The summed E-state index contributed by atoms with van der Waals surface area (Å²) >= 11 is 0. The van der Waals surface area contributed by atoms with Crippen molar-refractivity contribution < 1.29 is 14.3 Å². The lowest BCUT2D eigenvalue weighted by atomic mass is 9.99. The lowest BCUT2D eigenvalue weighted by Gasteiger charge is -2.23. The van der Waals surface area contributed by atoms with Crippen molar-refractivity contribution in [3.05, 3.63) is 89.0 Å². The number of aryl methyl sites for hydroxylation is 1. The molecule has 7 nitrogen and oxygen atoms in total. The third-order valence-corrected chi connectivity index (χ3v) is 6.24. The molecule has 0 aliphatic carbocycles. The fraction of sp³-hybridized carbons (Fsp3) is 0.321. The van der Waals surface area contributed by atoms with Gasteiger partial charge in [0.25, 0.3) is 0 Å². The molecule has 1 aromatic heterocycles. The molecule has 0 spiro atoms. The van der Waals surface area contributed by atoms with Gasteiger partial charge in [0.1, 0.15) is 29.9 Å². The van der Waals surface area contributed by atoms with E-state index in [-0.39, 0.29) is 12.5 Å². The minimum Gasteiger partial charge on any atom is -0.491 e. The molecule has 0 radical (unpaired) electrons. The van der Waals surface area contributed by atoms with Gasteiger partial charge in [-0.2, -0.15) is 15.0 Å². The highest BCUT2D eigenvalue weighted by molar-refractivity contribution is 5.77. The van der Waals surface area contributed by atoms with Gasteiger partial charge in [-0.3, -0.25) is 4.79 Å². The minimum absolute atomic E-state index is 0.0411. The third-order valence-electron chi connectivity index (χ3n) is 6.24. The molecule has 1 amide bonds. The Morgan fingerprint density at radius 1 is 0.914 bits per heavy atom. The van der Waals surface area contributed by atoms with Crippen LogP contribution in [-0.2, 0) is 35.5 Å². The number of hydrogen-bond donors (Lipinski definition) is 0. The van der Waals surface area contributed by atoms with Gasteiger partial charge in [0.2, 0.25) is 5.91 Å². The van der Waals surface area contributed by atoms with E-state index >= 15 is 0 Å². The summed E-state index contributed by atoms with van der Waals surface area (Å²) in [6, 6.07) is 22.5. The second kappa shape index (κ2) is 10.7. The molecule has 0 saturated carbocycles. The number of fused-ring (bicyclic) bond motifs is 4. The molecule has 0 atom stereocenters. The quantitative estimate of drug-likeness (QED) is 0.452. The summed E-state index contributed by atoms with van der Waals surface area (Å²) in [5.74, 6) is 0.866. The van der Waals surface area contributed by atoms with Crippen molar-refractivity contribution in [3.8, 4) is 5.75 Å². The second-order valence-electron chi connectivity index (χ2n) is 8.79. The Labute approximate surface area is 205 Å². The Bertz CT molecular complexity index is 1280. The third kappa shape index (κ3) is 5.69. The Hall–Kier alpha value is -3.71. The second-order valence-corrected chi connectivity index (χ2v) is 8.79. The maximum Gasteiger partial charge on any atom is 0.246 e. The topological polar surface area (TPSA) is 69.5 Å². The van der Waals surface area contributed by atoms with Crippen LogP contribution in [0.3, 0.4) is 0 Å². The van der Waals surface area contributed by atoms with Gasteiger partial charge in [-0.05, 0) is 46.9 Å². The van der Waals surface area contributed by atoms with Crippen molar-refractivity contribution in [2.75, 3.05) is 26.4 Å². The molecule has 1 aliphatic heterocycles. The van der Waals surface area contributed by atoms with Crippen LogP contribution in [-0.4, -0.2) is 52.2 Å². The number of benzene rings is 3. The first-order valence-electron chi connectivity index (χ1n) is 12.2. The SMILES string of the molecule is CCc1ccc2c(c1)Cc1cccc(c1)CN(C(=O)Cn1nc3ccccc3n1)CCOCCO2. The molecule has 5 rings (SSSR count). The standard InChI is InChI=1S/C28H30N4O3/c1-2-21-10-11-27-24(17-21)18-22-6-5-7-23(16-22)19-31(12-13-34-14-15-35-27)28(33)20-32-29-25-8-3-4-9-26(25)30-32/h3-11,16-17H,2,12-15,18-20H2,1H3. The van der Waals surface area contributed by atoms with Crippen molar-refractivity contribution in [3.63, 3.8) is 0 Å². The Balaban J connectivity index is 1.37. The van der Waals surface area contributed by atoms with E-state index in [2.05, 4.69) is 59.6 Å². The van der Waals surface area contributed by atoms with Crippen LogP contribution in [0, 0.1) is 0 Å². The van der Waals surface area contributed by atoms with Crippen LogP contribution >= 0.6 is 0 Å². The maximum atomic E-state index is 13.3. The van der Waals surface area contributed by atoms with E-state index in [0.29, 0.717) is 32.9 Å². The van der Waals surface area contributed by atoms with E-state index in [1.54, 1.807) is 0 Å². The summed E-state index contributed by atoms with van der Waals surface area (Å²) in [5.41, 5.74) is 6.30. The molecular weight excluding hydrogens is 440 g/mol. The zero-order valence-corrected chi connectivity index (χ0v) is 20.0. The first-order chi connectivity index (χ1) is 17.2. The number of carbonyl (C=O) groups is 1. The van der Waals surface area contributed by atoms with Crippen molar-refractivity contribution >= 4 is 16.9 Å². The van der Waals surface area contributed by atoms with Crippen LogP contribution in [0.1, 0.15) is 29.2 Å². The number of aromatic nitrogens is 3. The number of hydrogen-bond acceptors (Lipinski definition) is 5. The van der Waals surface area contributed by atoms with Gasteiger partial charge in [0, 0.05) is 19.5 Å². The number of rotatable bonds is 3. The zero-order chi connectivity index (χ0) is 24.0. The Kier molecular flexibility index (Phi) is 7.04. The predicted octanol–water partition coefficient (Wildman–Crippen LogP) is 4.02. The minimum atomic E-state index is -0.0411. The molecule has 4 aromatic rings. The van der Waals surface area contributed by atoms with E-state index in [1.807, 2.05) is 29.2 Å². The van der Waals surface area contributed by atoms with Gasteiger partial charge in [0.05, 0.1) is 13.2 Å². The van der Waals surface area contributed by atoms with Crippen molar-refractivity contribution in [1.82, 2.24) is 19.9 Å². The number of carbonyl (C=O) groups excluding carboxylic acids is 1. The predicted molar refractivity (Wildman–Crippen MR) is 134 cm³/mol. The van der Waals surface area contributed by atoms with Crippen LogP contribution in [0.25, 0.3) is 11.0 Å². The molecule has 2 bridgehead atoms. The molecule has 35 heavy (non-hydrogen) atoms. The molecule has 180 valence electrons. The van der Waals surface area contributed by atoms with Gasteiger partial charge in [-0.15, -0.1) is 0 Å². The van der Waals surface area contributed by atoms with Crippen molar-refractivity contribution in [1.29, 1.82) is 0 Å². The van der Waals surface area contributed by atoms with Crippen LogP contribution in [0.5, 0.6) is 5.75 Å². The fourth-order valence-corrected chi connectivity index (χ4v) is 4.39. The summed E-state index contributed by atoms with van der Waals surface area (Å²) < 4.78 is 11.9. The smallest absolute Gasteiger partial charge is 0.246 e. The number of amides is 1. The van der Waals surface area contributed by atoms with E-state index in [0.717, 1.165) is 35.2 Å². The van der Waals surface area contributed by atoms with Gasteiger partial charge < -0.3 is 14.4 Å². The van der Waals surface area contributed by atoms with E-state index < -0.39 is 0 Å². The molecule has 2 heterocycles. The van der Waals surface area contributed by atoms with Gasteiger partial charge >= 0.3 is 0 Å². The van der Waals surface area contributed by atoms with Gasteiger partial charge in [0.15, 0.2) is 0 Å². The summed E-state index contributed by atoms with van der Waals surface area (Å²) in [4.78, 5) is 16.6. The molecule has 0 N–H and O–H groups in total. The van der Waals surface area contributed by atoms with Crippen LogP contribution in [0.2, 0.25) is 0 Å². The molecule has 0 saturated heterocycles. The molecule has 1 aliphatic rings. The van der Waals surface area contributed by atoms with Crippen molar-refractivity contribution in [2.45, 2.75) is 32.9 Å². The fourth-order valence-electron chi connectivity index (χ4n) is 4.39. The molecule has 3 aromatic carbocycles. The van der Waals surface area contributed by atoms with E-state index in [9.17, 15) is 4.79 Å². The molecule has 0 fully saturated rings. The van der Waals surface area contributed by atoms with Crippen LogP contribution < -0.4 is 4.74 Å². The highest BCUT2D eigenvalue weighted by Crippen LogP contribution is 2.25. The first-order valence-corrected chi connectivity index (χ1v) is 12.2. The number of ether oxygens (including phenoxy) is 2. The lowest BCUT2D eigenvalue weighted by Crippen LogP contribution is -2.36. The monoisotopic (exact) mass is 470 g/mol.